The maximum atomic E-state index is 2.67. The van der Waals surface area contributed by atoms with Crippen LogP contribution in [0.1, 0.15) is 4.88 Å². The summed E-state index contributed by atoms with van der Waals surface area (Å²) in [7, 11) is -4.69. The van der Waals surface area contributed by atoms with Crippen molar-refractivity contribution in [2.45, 2.75) is 46.2 Å². The van der Waals surface area contributed by atoms with Crippen LogP contribution in [0, 0.1) is 6.92 Å². The van der Waals surface area contributed by atoms with Gasteiger partial charge < -0.3 is 0 Å². The fraction of sp³-hybridized carbons (Fsp3) is 0.333. The highest BCUT2D eigenvalue weighted by Gasteiger charge is 2.57. The Labute approximate surface area is 168 Å². The lowest BCUT2D eigenvalue weighted by Gasteiger charge is -2.40. The lowest BCUT2D eigenvalue weighted by atomic mass is 10.4. The Morgan fingerprint density at radius 2 is 1.35 bits per heavy atom. The predicted octanol–water partition coefficient (Wildman–Crippen LogP) is 4.53. The number of rotatable bonds is 3. The summed E-state index contributed by atoms with van der Waals surface area (Å²) in [6.07, 6.45) is 0. The number of hydrogen-bond donors (Lipinski definition) is 0. The summed E-state index contributed by atoms with van der Waals surface area (Å²) in [5.74, 6) is 0. The molecule has 1 aliphatic rings. The summed E-state index contributed by atoms with van der Waals surface area (Å²) in [6.45, 7) is 17.6. The summed E-state index contributed by atoms with van der Waals surface area (Å²) < 4.78 is 1.69. The molecule has 0 saturated carbocycles. The third-order valence-corrected chi connectivity index (χ3v) is 27.1. The molecule has 0 aliphatic carbocycles. The SMILES string of the molecule is Cc1cc2c(s1)-c1sc([Si](C)(C)C)cc1[Si]2(c1ccccc1)[Si](C)(C)C. The van der Waals surface area contributed by atoms with Crippen LogP contribution in [0.4, 0.5) is 0 Å². The second-order valence-electron chi connectivity index (χ2n) is 9.57. The molecule has 5 heteroatoms. The van der Waals surface area contributed by atoms with E-state index in [-0.39, 0.29) is 0 Å². The van der Waals surface area contributed by atoms with Crippen molar-refractivity contribution in [2.24, 2.45) is 0 Å². The van der Waals surface area contributed by atoms with Crippen molar-refractivity contribution in [2.75, 3.05) is 0 Å². The molecule has 26 heavy (non-hydrogen) atoms. The molecule has 1 aromatic carbocycles. The van der Waals surface area contributed by atoms with E-state index in [0.717, 1.165) is 0 Å². The maximum Gasteiger partial charge on any atom is 0.142 e. The average molecular weight is 429 g/mol. The van der Waals surface area contributed by atoms with E-state index in [0.29, 0.717) is 0 Å². The zero-order chi connectivity index (χ0) is 18.9. The Morgan fingerprint density at radius 1 is 0.769 bits per heavy atom. The monoisotopic (exact) mass is 428 g/mol. The van der Waals surface area contributed by atoms with Gasteiger partial charge in [0.15, 0.2) is 0 Å². The van der Waals surface area contributed by atoms with E-state index in [1.807, 2.05) is 11.3 Å². The topological polar surface area (TPSA) is 0 Å². The van der Waals surface area contributed by atoms with Gasteiger partial charge in [0.05, 0.1) is 15.7 Å². The molecule has 3 aromatic rings. The van der Waals surface area contributed by atoms with E-state index in [4.69, 9.17) is 0 Å². The second kappa shape index (κ2) is 5.88. The van der Waals surface area contributed by atoms with E-state index >= 15 is 0 Å². The second-order valence-corrected chi connectivity index (χ2v) is 31.7. The minimum Gasteiger partial charge on any atom is -0.144 e. The van der Waals surface area contributed by atoms with Crippen molar-refractivity contribution in [3.63, 3.8) is 0 Å². The van der Waals surface area contributed by atoms with E-state index in [1.165, 1.54) is 4.88 Å². The molecule has 0 nitrogen and oxygen atoms in total. The molecule has 136 valence electrons. The molecule has 1 unspecified atom stereocenters. The van der Waals surface area contributed by atoms with E-state index in [2.05, 4.69) is 100 Å². The highest BCUT2D eigenvalue weighted by molar-refractivity contribution is 7.58. The predicted molar refractivity (Wildman–Crippen MR) is 130 cm³/mol. The van der Waals surface area contributed by atoms with Crippen LogP contribution in [0.3, 0.4) is 0 Å². The van der Waals surface area contributed by atoms with Gasteiger partial charge in [0.1, 0.15) is 7.59 Å². The molecule has 0 fully saturated rings. The van der Waals surface area contributed by atoms with Gasteiger partial charge in [-0.1, -0.05) is 80.9 Å². The van der Waals surface area contributed by atoms with Crippen LogP contribution < -0.4 is 20.1 Å². The Kier molecular flexibility index (Phi) is 4.21. The van der Waals surface area contributed by atoms with Crippen molar-refractivity contribution >= 4 is 66.0 Å². The smallest absolute Gasteiger partial charge is 0.142 e. The van der Waals surface area contributed by atoms with E-state index in [9.17, 15) is 0 Å². The lowest BCUT2D eigenvalue weighted by molar-refractivity contribution is 1.65. The molecule has 4 rings (SSSR count). The van der Waals surface area contributed by atoms with Gasteiger partial charge in [-0.05, 0) is 27.9 Å². The number of aryl methyl sites for hydroxylation is 1. The highest BCUT2D eigenvalue weighted by Crippen LogP contribution is 2.40. The fourth-order valence-corrected chi connectivity index (χ4v) is 25.8. The van der Waals surface area contributed by atoms with Gasteiger partial charge in [-0.3, -0.25) is 0 Å². The number of benzene rings is 1. The van der Waals surface area contributed by atoms with Gasteiger partial charge in [-0.15, -0.1) is 22.7 Å². The van der Waals surface area contributed by atoms with Crippen LogP contribution in [0.25, 0.3) is 9.75 Å². The van der Waals surface area contributed by atoms with Gasteiger partial charge in [-0.25, -0.2) is 0 Å². The first-order valence-electron chi connectivity index (χ1n) is 9.38. The van der Waals surface area contributed by atoms with Crippen LogP contribution in [-0.4, -0.2) is 23.3 Å². The van der Waals surface area contributed by atoms with Crippen LogP contribution in [0.15, 0.2) is 42.5 Å². The van der Waals surface area contributed by atoms with Crippen LogP contribution in [0.2, 0.25) is 39.3 Å². The quantitative estimate of drug-likeness (QED) is 0.538. The lowest BCUT2D eigenvalue weighted by Crippen LogP contribution is -2.78. The molecule has 0 bridgehead atoms. The minimum atomic E-state index is -1.91. The average Bonchev–Trinajstić information content (AvgIpc) is 3.16. The standard InChI is InChI=1S/C21H28S2Si3/c1-15-13-17-20(22-15)21-18(14-19(23-21)24(2,3)4)26(17,25(5,6)7)16-11-9-8-10-12-16/h8-14H,1-7H3. The van der Waals surface area contributed by atoms with E-state index < -0.39 is 23.3 Å². The summed E-state index contributed by atoms with van der Waals surface area (Å²) in [5.41, 5.74) is 0. The Hall–Kier alpha value is -0.729. The number of thiophene rings is 2. The van der Waals surface area contributed by atoms with Gasteiger partial charge >= 0.3 is 0 Å². The summed E-state index contributed by atoms with van der Waals surface area (Å²) >= 11 is 4.17. The normalized spacial score (nSPS) is 19.5. The zero-order valence-corrected chi connectivity index (χ0v) is 21.5. The Bertz CT molecular complexity index is 971. The van der Waals surface area contributed by atoms with Gasteiger partial charge in [0.2, 0.25) is 0 Å². The van der Waals surface area contributed by atoms with Crippen LogP contribution in [-0.2, 0) is 0 Å². The summed E-state index contributed by atoms with van der Waals surface area (Å²) in [6, 6.07) is 16.8. The van der Waals surface area contributed by atoms with Crippen molar-refractivity contribution in [1.82, 2.24) is 0 Å². The number of hydrogen-bond acceptors (Lipinski definition) is 2. The minimum absolute atomic E-state index is 1.30. The highest BCUT2D eigenvalue weighted by atomic mass is 32.1. The third-order valence-electron chi connectivity index (χ3n) is 5.67. The molecule has 0 spiro atoms. The van der Waals surface area contributed by atoms with Gasteiger partial charge in [-0.2, -0.15) is 0 Å². The van der Waals surface area contributed by atoms with Gasteiger partial charge in [0, 0.05) is 14.6 Å². The molecule has 2 aromatic heterocycles. The zero-order valence-electron chi connectivity index (χ0n) is 16.9. The summed E-state index contributed by atoms with van der Waals surface area (Å²) in [5, 5.41) is 5.12. The molecule has 0 radical (unpaired) electrons. The molecule has 0 amide bonds. The molecule has 1 atom stereocenters. The van der Waals surface area contributed by atoms with Crippen molar-refractivity contribution in [3.05, 3.63) is 47.3 Å². The van der Waals surface area contributed by atoms with Crippen LogP contribution in [0.5, 0.6) is 0 Å². The largest absolute Gasteiger partial charge is 0.144 e. The Balaban J connectivity index is 2.14. The van der Waals surface area contributed by atoms with Crippen molar-refractivity contribution in [3.8, 4) is 9.75 Å². The molecule has 0 saturated heterocycles. The summed E-state index contributed by atoms with van der Waals surface area (Å²) in [4.78, 5) is 4.73. The molecule has 1 aliphatic heterocycles. The molecular weight excluding hydrogens is 401 g/mol. The van der Waals surface area contributed by atoms with Crippen molar-refractivity contribution in [1.29, 1.82) is 0 Å². The molecule has 3 heterocycles. The molecular formula is C21H28S2Si3. The Morgan fingerprint density at radius 3 is 1.92 bits per heavy atom. The first-order valence-corrected chi connectivity index (χ1v) is 21.0. The van der Waals surface area contributed by atoms with E-state index in [1.54, 1.807) is 29.8 Å². The van der Waals surface area contributed by atoms with Gasteiger partial charge in [0.25, 0.3) is 0 Å². The molecule has 0 N–H and O–H groups in total. The number of fused-ring (bicyclic) bond motifs is 3. The van der Waals surface area contributed by atoms with Crippen LogP contribution >= 0.6 is 22.7 Å². The fourth-order valence-electron chi connectivity index (χ4n) is 4.55. The first kappa shape index (κ1) is 18.6. The third kappa shape index (κ3) is 2.48. The first-order chi connectivity index (χ1) is 12.1. The van der Waals surface area contributed by atoms with Crippen molar-refractivity contribution < 1.29 is 0 Å². The maximum absolute atomic E-state index is 2.67.